The second-order valence-electron chi connectivity index (χ2n) is 2.27. The van der Waals surface area contributed by atoms with Gasteiger partial charge in [0.1, 0.15) is 0 Å². The summed E-state index contributed by atoms with van der Waals surface area (Å²) in [5.74, 6) is 0. The van der Waals surface area contributed by atoms with Crippen LogP contribution in [-0.4, -0.2) is 17.2 Å². The third-order valence-corrected chi connectivity index (χ3v) is 2.02. The Kier molecular flexibility index (Phi) is 2.85. The molecule has 64 valence electrons. The molecule has 1 rings (SSSR count). The van der Waals surface area contributed by atoms with E-state index in [1.54, 1.807) is 0 Å². The number of anilines is 1. The van der Waals surface area contributed by atoms with E-state index in [0.717, 1.165) is 0 Å². The van der Waals surface area contributed by atoms with Crippen LogP contribution < -0.4 is 11.2 Å². The largest absolute Gasteiger partial charge is 0.488 e. The highest BCUT2D eigenvalue weighted by Crippen LogP contribution is 2.25. The number of hydrogen-bond donors (Lipinski definition) is 3. The van der Waals surface area contributed by atoms with Crippen molar-refractivity contribution in [3.63, 3.8) is 0 Å². The number of nitrogens with two attached hydrogens (primary N) is 1. The van der Waals surface area contributed by atoms with Gasteiger partial charge in [0.2, 0.25) is 0 Å². The summed E-state index contributed by atoms with van der Waals surface area (Å²) in [5, 5.41) is 17.9. The Morgan fingerprint density at radius 2 is 1.58 bits per heavy atom. The fourth-order valence-electron chi connectivity index (χ4n) is 0.753. The molecule has 0 saturated carbocycles. The Labute approximate surface area is 79.9 Å². The lowest BCUT2D eigenvalue weighted by atomic mass is 9.80. The summed E-state index contributed by atoms with van der Waals surface area (Å²) in [4.78, 5) is 0. The monoisotopic (exact) mass is 205 g/mol. The minimum absolute atomic E-state index is 0.214. The lowest BCUT2D eigenvalue weighted by molar-refractivity contribution is 0.426. The second-order valence-corrected chi connectivity index (χ2v) is 3.09. The molecule has 0 atom stereocenters. The van der Waals surface area contributed by atoms with Crippen LogP contribution in [0.1, 0.15) is 0 Å². The van der Waals surface area contributed by atoms with E-state index in [0.29, 0.717) is 0 Å². The highest BCUT2D eigenvalue weighted by molar-refractivity contribution is 6.59. The van der Waals surface area contributed by atoms with E-state index in [1.165, 1.54) is 12.1 Å². The summed E-state index contributed by atoms with van der Waals surface area (Å²) in [6, 6.07) is 2.71. The molecule has 0 aromatic heterocycles. The van der Waals surface area contributed by atoms with Crippen LogP contribution in [0.15, 0.2) is 12.1 Å². The molecule has 0 fully saturated rings. The second kappa shape index (κ2) is 3.54. The third-order valence-electron chi connectivity index (χ3n) is 1.40. The molecule has 12 heavy (non-hydrogen) atoms. The number of benzene rings is 1. The van der Waals surface area contributed by atoms with Gasteiger partial charge in [-0.25, -0.2) is 0 Å². The first-order valence-electron chi connectivity index (χ1n) is 3.13. The Bertz CT molecular complexity index is 283. The minimum Gasteiger partial charge on any atom is -0.423 e. The van der Waals surface area contributed by atoms with E-state index < -0.39 is 7.12 Å². The maximum absolute atomic E-state index is 8.76. The van der Waals surface area contributed by atoms with Gasteiger partial charge >= 0.3 is 7.12 Å². The average molecular weight is 206 g/mol. The predicted molar refractivity (Wildman–Crippen MR) is 50.7 cm³/mol. The zero-order chi connectivity index (χ0) is 9.30. The average Bonchev–Trinajstić information content (AvgIpc) is 1.99. The molecular formula is C6H6BCl2NO2. The number of nitrogen functional groups attached to an aromatic ring is 1. The summed E-state index contributed by atoms with van der Waals surface area (Å²) in [7, 11) is -1.58. The van der Waals surface area contributed by atoms with E-state index >= 15 is 0 Å². The van der Waals surface area contributed by atoms with E-state index in [2.05, 4.69) is 0 Å². The summed E-state index contributed by atoms with van der Waals surface area (Å²) < 4.78 is 0. The molecule has 0 radical (unpaired) electrons. The van der Waals surface area contributed by atoms with Gasteiger partial charge in [-0.05, 0) is 17.6 Å². The fraction of sp³-hybridized carbons (Fsp3) is 0. The van der Waals surface area contributed by atoms with Gasteiger partial charge in [-0.3, -0.25) is 0 Å². The minimum atomic E-state index is -1.58. The van der Waals surface area contributed by atoms with Crippen molar-refractivity contribution in [3.05, 3.63) is 22.2 Å². The van der Waals surface area contributed by atoms with Crippen LogP contribution in [0.4, 0.5) is 5.69 Å². The number of rotatable bonds is 1. The molecule has 3 nitrogen and oxygen atoms in total. The van der Waals surface area contributed by atoms with Crippen molar-refractivity contribution >= 4 is 41.5 Å². The molecule has 6 heteroatoms. The van der Waals surface area contributed by atoms with Gasteiger partial charge in [-0.15, -0.1) is 0 Å². The molecular weight excluding hydrogens is 200 g/mol. The van der Waals surface area contributed by atoms with E-state index in [1.807, 2.05) is 0 Å². The van der Waals surface area contributed by atoms with Gasteiger partial charge in [0.05, 0.1) is 15.7 Å². The van der Waals surface area contributed by atoms with Crippen molar-refractivity contribution in [2.45, 2.75) is 0 Å². The Morgan fingerprint density at radius 1 is 1.17 bits per heavy atom. The van der Waals surface area contributed by atoms with Crippen molar-refractivity contribution in [3.8, 4) is 0 Å². The highest BCUT2D eigenvalue weighted by Gasteiger charge is 2.14. The van der Waals surface area contributed by atoms with Gasteiger partial charge in [-0.1, -0.05) is 23.2 Å². The van der Waals surface area contributed by atoms with Gasteiger partial charge in [-0.2, -0.15) is 0 Å². The maximum atomic E-state index is 8.76. The van der Waals surface area contributed by atoms with Crippen molar-refractivity contribution in [2.24, 2.45) is 0 Å². The first-order chi connectivity index (χ1) is 5.52. The molecule has 0 saturated heterocycles. The van der Waals surface area contributed by atoms with E-state index in [-0.39, 0.29) is 21.2 Å². The molecule has 4 N–H and O–H groups in total. The predicted octanol–water partition coefficient (Wildman–Crippen LogP) is 0.255. The summed E-state index contributed by atoms with van der Waals surface area (Å²) in [6.45, 7) is 0. The lowest BCUT2D eigenvalue weighted by Crippen LogP contribution is -2.29. The topological polar surface area (TPSA) is 66.5 Å². The molecule has 1 aromatic carbocycles. The van der Waals surface area contributed by atoms with E-state index in [4.69, 9.17) is 39.0 Å². The SMILES string of the molecule is Nc1c(Cl)cc(B(O)O)cc1Cl. The third kappa shape index (κ3) is 1.84. The standard InChI is InChI=1S/C6H6BCl2NO2/c8-4-1-3(7(11)12)2-5(9)6(4)10/h1-2,11-12H,10H2. The van der Waals surface area contributed by atoms with Crippen LogP contribution >= 0.6 is 23.2 Å². The van der Waals surface area contributed by atoms with Crippen LogP contribution in [0.3, 0.4) is 0 Å². The molecule has 0 aliphatic heterocycles. The normalized spacial score (nSPS) is 10.0. The molecule has 0 spiro atoms. The van der Waals surface area contributed by atoms with Crippen molar-refractivity contribution in [2.75, 3.05) is 5.73 Å². The molecule has 1 aromatic rings. The van der Waals surface area contributed by atoms with Crippen molar-refractivity contribution < 1.29 is 10.0 Å². The number of halogens is 2. The van der Waals surface area contributed by atoms with Gasteiger partial charge in [0.15, 0.2) is 0 Å². The smallest absolute Gasteiger partial charge is 0.423 e. The zero-order valence-corrected chi connectivity index (χ0v) is 7.47. The highest BCUT2D eigenvalue weighted by atomic mass is 35.5. The molecule has 0 amide bonds. The van der Waals surface area contributed by atoms with Crippen molar-refractivity contribution in [1.82, 2.24) is 0 Å². The van der Waals surface area contributed by atoms with Crippen LogP contribution in [0.2, 0.25) is 10.0 Å². The molecule has 0 bridgehead atoms. The maximum Gasteiger partial charge on any atom is 0.488 e. The summed E-state index contributed by atoms with van der Waals surface area (Å²) >= 11 is 11.3. The van der Waals surface area contributed by atoms with E-state index in [9.17, 15) is 0 Å². The molecule has 0 aliphatic carbocycles. The van der Waals surface area contributed by atoms with Crippen LogP contribution in [0.25, 0.3) is 0 Å². The Hall–Kier alpha value is -0.415. The van der Waals surface area contributed by atoms with Gasteiger partial charge in [0.25, 0.3) is 0 Å². The molecule has 0 unspecified atom stereocenters. The Morgan fingerprint density at radius 3 is 1.92 bits per heavy atom. The lowest BCUT2D eigenvalue weighted by Gasteiger charge is -2.04. The van der Waals surface area contributed by atoms with Crippen LogP contribution in [-0.2, 0) is 0 Å². The van der Waals surface area contributed by atoms with Crippen LogP contribution in [0.5, 0.6) is 0 Å². The van der Waals surface area contributed by atoms with Crippen molar-refractivity contribution in [1.29, 1.82) is 0 Å². The van der Waals surface area contributed by atoms with Gasteiger partial charge in [0, 0.05) is 0 Å². The quantitative estimate of drug-likeness (QED) is 0.455. The van der Waals surface area contributed by atoms with Crippen LogP contribution in [0, 0.1) is 0 Å². The fourth-order valence-corrected chi connectivity index (χ4v) is 1.26. The Balaban J connectivity index is 3.21. The molecule has 0 heterocycles. The first kappa shape index (κ1) is 9.67. The first-order valence-corrected chi connectivity index (χ1v) is 3.88. The van der Waals surface area contributed by atoms with Gasteiger partial charge < -0.3 is 15.8 Å². The summed E-state index contributed by atoms with van der Waals surface area (Å²) in [6.07, 6.45) is 0. The summed E-state index contributed by atoms with van der Waals surface area (Å²) in [5.41, 5.74) is 5.88. The molecule has 0 aliphatic rings. The number of hydrogen-bond acceptors (Lipinski definition) is 3. The zero-order valence-electron chi connectivity index (χ0n) is 5.96.